The highest BCUT2D eigenvalue weighted by atomic mass is 15.4. The number of aromatic nitrogens is 3. The zero-order chi connectivity index (χ0) is 13.2. The van der Waals surface area contributed by atoms with Crippen molar-refractivity contribution in [2.45, 2.75) is 58.8 Å². The molecule has 2 heterocycles. The predicted octanol–water partition coefficient (Wildman–Crippen LogP) is 1.26. The van der Waals surface area contributed by atoms with Gasteiger partial charge in [0.25, 0.3) is 0 Å². The van der Waals surface area contributed by atoms with Gasteiger partial charge in [0.1, 0.15) is 12.2 Å². The third kappa shape index (κ3) is 3.09. The summed E-state index contributed by atoms with van der Waals surface area (Å²) in [6, 6.07) is 0.585. The quantitative estimate of drug-likeness (QED) is 0.878. The summed E-state index contributed by atoms with van der Waals surface area (Å²) in [6.45, 7) is 12.9. The summed E-state index contributed by atoms with van der Waals surface area (Å²) in [5, 5.41) is 7.85. The van der Waals surface area contributed by atoms with E-state index in [9.17, 15) is 0 Å². The van der Waals surface area contributed by atoms with Crippen molar-refractivity contribution in [2.24, 2.45) is 0 Å². The highest BCUT2D eigenvalue weighted by Gasteiger charge is 2.28. The molecule has 0 amide bonds. The Morgan fingerprint density at radius 1 is 1.50 bits per heavy atom. The number of hydrogen-bond acceptors (Lipinski definition) is 4. The van der Waals surface area contributed by atoms with Crippen molar-refractivity contribution in [1.29, 1.82) is 0 Å². The van der Waals surface area contributed by atoms with Crippen molar-refractivity contribution in [3.8, 4) is 0 Å². The monoisotopic (exact) mass is 251 g/mol. The maximum Gasteiger partial charge on any atom is 0.141 e. The van der Waals surface area contributed by atoms with Crippen LogP contribution in [0.2, 0.25) is 0 Å². The van der Waals surface area contributed by atoms with Crippen LogP contribution in [0.4, 0.5) is 0 Å². The van der Waals surface area contributed by atoms with Crippen LogP contribution >= 0.6 is 0 Å². The van der Waals surface area contributed by atoms with Crippen molar-refractivity contribution in [2.75, 3.05) is 13.1 Å². The molecule has 1 aliphatic heterocycles. The van der Waals surface area contributed by atoms with E-state index in [4.69, 9.17) is 0 Å². The lowest BCUT2D eigenvalue weighted by Crippen LogP contribution is -2.47. The summed E-state index contributed by atoms with van der Waals surface area (Å²) in [7, 11) is 0. The number of nitrogens with one attached hydrogen (secondary N) is 1. The van der Waals surface area contributed by atoms with Gasteiger partial charge < -0.3 is 5.32 Å². The number of aryl methyl sites for hydroxylation is 1. The Balaban J connectivity index is 2.10. The Morgan fingerprint density at radius 3 is 3.00 bits per heavy atom. The van der Waals surface area contributed by atoms with Gasteiger partial charge in [0.15, 0.2) is 0 Å². The van der Waals surface area contributed by atoms with Crippen LogP contribution in [0.5, 0.6) is 0 Å². The minimum absolute atomic E-state index is 0.168. The van der Waals surface area contributed by atoms with Crippen LogP contribution in [0, 0.1) is 0 Å². The molecule has 2 rings (SSSR count). The molecule has 1 atom stereocenters. The minimum atomic E-state index is 0.168. The summed E-state index contributed by atoms with van der Waals surface area (Å²) < 4.78 is 1.98. The molecule has 102 valence electrons. The molecule has 0 spiro atoms. The molecule has 18 heavy (non-hydrogen) atoms. The minimum Gasteiger partial charge on any atom is -0.310 e. The summed E-state index contributed by atoms with van der Waals surface area (Å²) in [5.41, 5.74) is 0.168. The molecule has 1 aliphatic rings. The standard InChI is InChI=1S/C13H25N5/c1-5-18-12(14-10-16-18)8-17-9-13(3,4)15-7-6-11(17)2/h10-11,15H,5-9H2,1-4H3. The molecule has 1 N–H and O–H groups in total. The van der Waals surface area contributed by atoms with Crippen molar-refractivity contribution in [3.63, 3.8) is 0 Å². The van der Waals surface area contributed by atoms with E-state index < -0.39 is 0 Å². The molecular weight excluding hydrogens is 226 g/mol. The predicted molar refractivity (Wildman–Crippen MR) is 72.3 cm³/mol. The highest BCUT2D eigenvalue weighted by molar-refractivity contribution is 4.92. The second-order valence-corrected chi connectivity index (χ2v) is 5.85. The van der Waals surface area contributed by atoms with Crippen molar-refractivity contribution < 1.29 is 0 Å². The second-order valence-electron chi connectivity index (χ2n) is 5.85. The molecule has 5 nitrogen and oxygen atoms in total. The normalized spacial score (nSPS) is 25.0. The lowest BCUT2D eigenvalue weighted by atomic mass is 10.1. The molecule has 1 aromatic rings. The van der Waals surface area contributed by atoms with E-state index in [0.29, 0.717) is 6.04 Å². The van der Waals surface area contributed by atoms with Gasteiger partial charge in [-0.05, 0) is 40.7 Å². The smallest absolute Gasteiger partial charge is 0.141 e. The van der Waals surface area contributed by atoms with E-state index in [1.54, 1.807) is 6.33 Å². The third-order valence-electron chi connectivity index (χ3n) is 3.73. The first-order valence-corrected chi connectivity index (χ1v) is 6.87. The summed E-state index contributed by atoms with van der Waals surface area (Å²) in [4.78, 5) is 6.89. The number of hydrogen-bond donors (Lipinski definition) is 1. The molecule has 0 aliphatic carbocycles. The molecular formula is C13H25N5. The molecule has 1 saturated heterocycles. The average Bonchev–Trinajstić information content (AvgIpc) is 2.69. The van der Waals surface area contributed by atoms with E-state index in [-0.39, 0.29) is 5.54 Å². The first kappa shape index (κ1) is 13.5. The molecule has 1 fully saturated rings. The SMILES string of the molecule is CCn1ncnc1CN1CC(C)(C)NCCC1C. The molecule has 5 heteroatoms. The van der Waals surface area contributed by atoms with E-state index in [0.717, 1.165) is 32.0 Å². The van der Waals surface area contributed by atoms with E-state index >= 15 is 0 Å². The third-order valence-corrected chi connectivity index (χ3v) is 3.73. The van der Waals surface area contributed by atoms with Gasteiger partial charge in [-0.15, -0.1) is 0 Å². The first-order chi connectivity index (χ1) is 8.52. The van der Waals surface area contributed by atoms with Crippen LogP contribution in [-0.2, 0) is 13.1 Å². The maximum absolute atomic E-state index is 4.38. The van der Waals surface area contributed by atoms with Crippen molar-refractivity contribution >= 4 is 0 Å². The zero-order valence-corrected chi connectivity index (χ0v) is 12.0. The first-order valence-electron chi connectivity index (χ1n) is 6.87. The van der Waals surface area contributed by atoms with Gasteiger partial charge in [0, 0.05) is 24.7 Å². The van der Waals surface area contributed by atoms with Gasteiger partial charge in [-0.3, -0.25) is 4.90 Å². The van der Waals surface area contributed by atoms with E-state index in [1.807, 2.05) is 4.68 Å². The lowest BCUT2D eigenvalue weighted by Gasteiger charge is -2.32. The van der Waals surface area contributed by atoms with Gasteiger partial charge >= 0.3 is 0 Å². The number of rotatable bonds is 3. The molecule has 1 aromatic heterocycles. The lowest BCUT2D eigenvalue weighted by molar-refractivity contribution is 0.166. The van der Waals surface area contributed by atoms with Crippen molar-refractivity contribution in [1.82, 2.24) is 25.0 Å². The molecule has 1 unspecified atom stereocenters. The Kier molecular flexibility index (Phi) is 4.02. The Morgan fingerprint density at radius 2 is 2.28 bits per heavy atom. The Bertz CT molecular complexity index is 384. The van der Waals surface area contributed by atoms with Crippen LogP contribution in [-0.4, -0.2) is 44.3 Å². The van der Waals surface area contributed by atoms with Crippen LogP contribution < -0.4 is 5.32 Å². The fraction of sp³-hybridized carbons (Fsp3) is 0.846. The fourth-order valence-electron chi connectivity index (χ4n) is 2.59. The Hall–Kier alpha value is -0.940. The van der Waals surface area contributed by atoms with Crippen LogP contribution in [0.25, 0.3) is 0 Å². The fourth-order valence-corrected chi connectivity index (χ4v) is 2.59. The van der Waals surface area contributed by atoms with Crippen molar-refractivity contribution in [3.05, 3.63) is 12.2 Å². The topological polar surface area (TPSA) is 46.0 Å². The highest BCUT2D eigenvalue weighted by Crippen LogP contribution is 2.17. The van der Waals surface area contributed by atoms with Crippen LogP contribution in [0.3, 0.4) is 0 Å². The summed E-state index contributed by atoms with van der Waals surface area (Å²) >= 11 is 0. The molecule has 0 radical (unpaired) electrons. The van der Waals surface area contributed by atoms with Crippen LogP contribution in [0.15, 0.2) is 6.33 Å². The molecule has 0 saturated carbocycles. The van der Waals surface area contributed by atoms with Gasteiger partial charge in [-0.1, -0.05) is 0 Å². The average molecular weight is 251 g/mol. The summed E-state index contributed by atoms with van der Waals surface area (Å²) in [6.07, 6.45) is 2.84. The van der Waals surface area contributed by atoms with Gasteiger partial charge in [0.2, 0.25) is 0 Å². The number of nitrogens with zero attached hydrogens (tertiary/aromatic N) is 4. The molecule has 0 bridgehead atoms. The largest absolute Gasteiger partial charge is 0.310 e. The van der Waals surface area contributed by atoms with Gasteiger partial charge in [0.05, 0.1) is 6.54 Å². The summed E-state index contributed by atoms with van der Waals surface area (Å²) in [5.74, 6) is 1.07. The zero-order valence-electron chi connectivity index (χ0n) is 12.0. The maximum atomic E-state index is 4.38. The van der Waals surface area contributed by atoms with E-state index in [1.165, 1.54) is 6.42 Å². The van der Waals surface area contributed by atoms with Gasteiger partial charge in [-0.2, -0.15) is 5.10 Å². The second kappa shape index (κ2) is 5.36. The van der Waals surface area contributed by atoms with E-state index in [2.05, 4.69) is 48.0 Å². The Labute approximate surface area is 110 Å². The van der Waals surface area contributed by atoms with Gasteiger partial charge in [-0.25, -0.2) is 9.67 Å². The van der Waals surface area contributed by atoms with Crippen LogP contribution in [0.1, 0.15) is 39.9 Å². The molecule has 0 aromatic carbocycles.